The van der Waals surface area contributed by atoms with E-state index >= 15 is 0 Å². The van der Waals surface area contributed by atoms with Crippen molar-refractivity contribution in [2.45, 2.75) is 58.1 Å². The van der Waals surface area contributed by atoms with Crippen molar-refractivity contribution in [2.24, 2.45) is 5.92 Å². The molecule has 1 saturated heterocycles. The van der Waals surface area contributed by atoms with Gasteiger partial charge in [0.25, 0.3) is 0 Å². The third kappa shape index (κ3) is 6.22. The molecule has 0 spiro atoms. The van der Waals surface area contributed by atoms with E-state index in [2.05, 4.69) is 29.4 Å². The van der Waals surface area contributed by atoms with Gasteiger partial charge in [0.15, 0.2) is 0 Å². The van der Waals surface area contributed by atoms with Gasteiger partial charge >= 0.3 is 6.03 Å². The van der Waals surface area contributed by atoms with E-state index in [-0.39, 0.29) is 12.1 Å². The van der Waals surface area contributed by atoms with Crippen LogP contribution in [0.1, 0.15) is 46.0 Å². The normalized spacial score (nSPS) is 25.0. The van der Waals surface area contributed by atoms with Crippen LogP contribution in [0.2, 0.25) is 0 Å². The molecule has 2 fully saturated rings. The van der Waals surface area contributed by atoms with Crippen LogP contribution in [0.5, 0.6) is 0 Å². The first kappa shape index (κ1) is 16.6. The van der Waals surface area contributed by atoms with Gasteiger partial charge in [0.05, 0.1) is 12.7 Å². The maximum atomic E-state index is 11.9. The quantitative estimate of drug-likeness (QED) is 0.816. The Morgan fingerprint density at radius 3 is 2.76 bits per heavy atom. The van der Waals surface area contributed by atoms with Crippen molar-refractivity contribution in [1.29, 1.82) is 0 Å². The van der Waals surface area contributed by atoms with Gasteiger partial charge in [-0.1, -0.05) is 33.1 Å². The van der Waals surface area contributed by atoms with Crippen molar-refractivity contribution in [1.82, 2.24) is 15.5 Å². The summed E-state index contributed by atoms with van der Waals surface area (Å²) in [5.74, 6) is 0.673. The van der Waals surface area contributed by atoms with E-state index in [4.69, 9.17) is 4.74 Å². The molecule has 0 aromatic heterocycles. The zero-order valence-corrected chi connectivity index (χ0v) is 13.6. The highest BCUT2D eigenvalue weighted by molar-refractivity contribution is 5.74. The van der Waals surface area contributed by atoms with Crippen LogP contribution in [0, 0.1) is 5.92 Å². The van der Waals surface area contributed by atoms with Gasteiger partial charge in [-0.25, -0.2) is 4.79 Å². The number of ether oxygens (including phenoxy) is 1. The summed E-state index contributed by atoms with van der Waals surface area (Å²) in [6, 6.07) is 0.329. The molecule has 0 bridgehead atoms. The van der Waals surface area contributed by atoms with E-state index in [1.165, 1.54) is 19.3 Å². The van der Waals surface area contributed by atoms with Gasteiger partial charge in [-0.05, 0) is 18.8 Å². The number of nitrogens with one attached hydrogen (secondary N) is 2. The first-order valence-electron chi connectivity index (χ1n) is 8.52. The number of nitrogens with zero attached hydrogens (tertiary/aromatic N) is 1. The van der Waals surface area contributed by atoms with Gasteiger partial charge in [-0.15, -0.1) is 0 Å². The number of morpholine rings is 1. The fourth-order valence-electron chi connectivity index (χ4n) is 3.28. The predicted octanol–water partition coefficient (Wildman–Crippen LogP) is 1.98. The molecule has 5 nitrogen and oxygen atoms in total. The molecule has 5 heteroatoms. The Balaban J connectivity index is 1.63. The van der Waals surface area contributed by atoms with Gasteiger partial charge in [0.2, 0.25) is 0 Å². The van der Waals surface area contributed by atoms with E-state index in [0.29, 0.717) is 18.5 Å². The Kier molecular flexibility index (Phi) is 6.77. The van der Waals surface area contributed by atoms with Crippen molar-refractivity contribution in [2.75, 3.05) is 32.8 Å². The van der Waals surface area contributed by atoms with Gasteiger partial charge in [-0.2, -0.15) is 0 Å². The highest BCUT2D eigenvalue weighted by Gasteiger charge is 2.22. The molecule has 21 heavy (non-hydrogen) atoms. The Bertz CT molecular complexity index is 317. The molecule has 2 amide bonds. The van der Waals surface area contributed by atoms with E-state index in [1.54, 1.807) is 0 Å². The van der Waals surface area contributed by atoms with E-state index in [9.17, 15) is 4.79 Å². The number of rotatable bonds is 5. The third-order valence-corrected chi connectivity index (χ3v) is 4.28. The van der Waals surface area contributed by atoms with Crippen molar-refractivity contribution in [3.63, 3.8) is 0 Å². The lowest BCUT2D eigenvalue weighted by Gasteiger charge is -2.34. The average Bonchev–Trinajstić information content (AvgIpc) is 2.46. The molecule has 1 saturated carbocycles. The Labute approximate surface area is 128 Å². The summed E-state index contributed by atoms with van der Waals surface area (Å²) in [6.07, 6.45) is 6.14. The lowest BCUT2D eigenvalue weighted by Crippen LogP contribution is -2.51. The van der Waals surface area contributed by atoms with Crippen molar-refractivity contribution < 1.29 is 9.53 Å². The van der Waals surface area contributed by atoms with Crippen LogP contribution in [-0.2, 0) is 4.74 Å². The molecular weight excluding hydrogens is 266 g/mol. The molecule has 0 radical (unpaired) electrons. The molecule has 1 heterocycles. The number of amides is 2. The minimum Gasteiger partial charge on any atom is -0.374 e. The number of carbonyl (C=O) groups is 1. The second-order valence-corrected chi connectivity index (χ2v) is 6.84. The first-order chi connectivity index (χ1) is 10.1. The van der Waals surface area contributed by atoms with Crippen molar-refractivity contribution >= 4 is 6.03 Å². The highest BCUT2D eigenvalue weighted by atomic mass is 16.5. The summed E-state index contributed by atoms with van der Waals surface area (Å²) in [7, 11) is 0. The van der Waals surface area contributed by atoms with Crippen molar-refractivity contribution in [3.05, 3.63) is 0 Å². The Hall–Kier alpha value is -0.810. The van der Waals surface area contributed by atoms with Gasteiger partial charge < -0.3 is 15.4 Å². The smallest absolute Gasteiger partial charge is 0.315 e. The summed E-state index contributed by atoms with van der Waals surface area (Å²) < 4.78 is 5.75. The van der Waals surface area contributed by atoms with E-state index < -0.39 is 0 Å². The summed E-state index contributed by atoms with van der Waals surface area (Å²) in [6.45, 7) is 8.87. The zero-order chi connectivity index (χ0) is 15.1. The zero-order valence-electron chi connectivity index (χ0n) is 13.6. The molecule has 1 unspecified atom stereocenters. The van der Waals surface area contributed by atoms with Gasteiger partial charge in [0.1, 0.15) is 0 Å². The molecule has 1 aliphatic carbocycles. The number of hydrogen-bond donors (Lipinski definition) is 2. The summed E-state index contributed by atoms with van der Waals surface area (Å²) in [5.41, 5.74) is 0. The maximum absolute atomic E-state index is 11.9. The fraction of sp³-hybridized carbons (Fsp3) is 0.938. The van der Waals surface area contributed by atoms with Crippen LogP contribution in [0.3, 0.4) is 0 Å². The second-order valence-electron chi connectivity index (χ2n) is 6.84. The SMILES string of the molecule is CC(C)CN1CCOC(CNC(=O)NC2CCCCC2)C1. The molecule has 2 N–H and O–H groups in total. The molecule has 1 aliphatic heterocycles. The molecule has 0 aromatic carbocycles. The van der Waals surface area contributed by atoms with Gasteiger partial charge in [-0.3, -0.25) is 4.90 Å². The molecular formula is C16H31N3O2. The third-order valence-electron chi connectivity index (χ3n) is 4.28. The highest BCUT2D eigenvalue weighted by Crippen LogP contribution is 2.17. The lowest BCUT2D eigenvalue weighted by molar-refractivity contribution is -0.0290. The van der Waals surface area contributed by atoms with Crippen LogP contribution < -0.4 is 10.6 Å². The molecule has 1 atom stereocenters. The van der Waals surface area contributed by atoms with Crippen LogP contribution in [0.25, 0.3) is 0 Å². The largest absolute Gasteiger partial charge is 0.374 e. The van der Waals surface area contributed by atoms with Crippen LogP contribution >= 0.6 is 0 Å². The topological polar surface area (TPSA) is 53.6 Å². The van der Waals surface area contributed by atoms with Crippen LogP contribution in [0.15, 0.2) is 0 Å². The predicted molar refractivity (Wildman–Crippen MR) is 84.4 cm³/mol. The van der Waals surface area contributed by atoms with Gasteiger partial charge in [0, 0.05) is 32.2 Å². The summed E-state index contributed by atoms with van der Waals surface area (Å²) in [5, 5.41) is 6.05. The molecule has 0 aromatic rings. The minimum atomic E-state index is -0.0357. The van der Waals surface area contributed by atoms with E-state index in [1.807, 2.05) is 0 Å². The van der Waals surface area contributed by atoms with Crippen molar-refractivity contribution in [3.8, 4) is 0 Å². The lowest BCUT2D eigenvalue weighted by atomic mass is 9.96. The second kappa shape index (κ2) is 8.59. The number of carbonyl (C=O) groups excluding carboxylic acids is 1. The standard InChI is InChI=1S/C16H31N3O2/c1-13(2)11-19-8-9-21-15(12-19)10-17-16(20)18-14-6-4-3-5-7-14/h13-15H,3-12H2,1-2H3,(H2,17,18,20). The first-order valence-corrected chi connectivity index (χ1v) is 8.52. The molecule has 2 aliphatic rings. The number of urea groups is 1. The van der Waals surface area contributed by atoms with Crippen LogP contribution in [0.4, 0.5) is 4.79 Å². The van der Waals surface area contributed by atoms with E-state index in [0.717, 1.165) is 39.1 Å². The summed E-state index contributed by atoms with van der Waals surface area (Å²) >= 11 is 0. The van der Waals surface area contributed by atoms with Crippen LogP contribution in [-0.4, -0.2) is 55.9 Å². The number of hydrogen-bond acceptors (Lipinski definition) is 3. The summed E-state index contributed by atoms with van der Waals surface area (Å²) in [4.78, 5) is 14.4. The molecule has 122 valence electrons. The Morgan fingerprint density at radius 2 is 2.05 bits per heavy atom. The monoisotopic (exact) mass is 297 g/mol. The Morgan fingerprint density at radius 1 is 1.29 bits per heavy atom. The fourth-order valence-corrected chi connectivity index (χ4v) is 3.28. The minimum absolute atomic E-state index is 0.0357. The average molecular weight is 297 g/mol. The maximum Gasteiger partial charge on any atom is 0.315 e. The molecule has 2 rings (SSSR count).